The Bertz CT molecular complexity index is 308. The van der Waals surface area contributed by atoms with Crippen LogP contribution in [0.4, 0.5) is 0 Å². The molecule has 12 heavy (non-hydrogen) atoms. The Morgan fingerprint density at radius 3 is 2.58 bits per heavy atom. The van der Waals surface area contributed by atoms with Crippen molar-refractivity contribution in [3.63, 3.8) is 0 Å². The van der Waals surface area contributed by atoms with Gasteiger partial charge in [-0.25, -0.2) is 0 Å². The van der Waals surface area contributed by atoms with Gasteiger partial charge < -0.3 is 0 Å². The number of halogens is 1. The molecule has 0 aliphatic rings. The maximum Gasteiger partial charge on any atom is 0.0955 e. The molecule has 1 rings (SSSR count). The second-order valence-corrected chi connectivity index (χ2v) is 3.09. The van der Waals surface area contributed by atoms with Gasteiger partial charge in [0.25, 0.3) is 0 Å². The molecule has 0 radical (unpaired) electrons. The van der Waals surface area contributed by atoms with Crippen molar-refractivity contribution in [1.29, 1.82) is 5.26 Å². The maximum atomic E-state index is 8.66. The molecular weight excluding hydrogens is 261 g/mol. The van der Waals surface area contributed by atoms with Crippen LogP contribution < -0.4 is 0 Å². The molecule has 0 aliphatic heterocycles. The van der Waals surface area contributed by atoms with E-state index in [1.54, 1.807) is 0 Å². The van der Waals surface area contributed by atoms with E-state index in [1.165, 1.54) is 0 Å². The summed E-state index contributed by atoms with van der Waals surface area (Å²) < 4.78 is 0.767. The van der Waals surface area contributed by atoms with E-state index in [1.807, 2.05) is 36.4 Å². The van der Waals surface area contributed by atoms with Gasteiger partial charge in [-0.2, -0.15) is 5.26 Å². The summed E-state index contributed by atoms with van der Waals surface area (Å²) in [6.07, 6.45) is 1.91. The maximum absolute atomic E-state index is 8.66. The lowest BCUT2D eigenvalue weighted by molar-refractivity contribution is 1.48. The van der Waals surface area contributed by atoms with Gasteiger partial charge in [0.2, 0.25) is 0 Å². The van der Waals surface area contributed by atoms with E-state index in [0.29, 0.717) is 0 Å². The highest BCUT2D eigenvalue weighted by Gasteiger charge is 1.91. The van der Waals surface area contributed by atoms with Crippen molar-refractivity contribution in [3.8, 4) is 6.07 Å². The summed E-state index contributed by atoms with van der Waals surface area (Å²) in [5.74, 6) is 0. The van der Waals surface area contributed by atoms with Crippen molar-refractivity contribution in [1.82, 2.24) is 0 Å². The predicted molar refractivity (Wildman–Crippen MR) is 58.9 cm³/mol. The molecule has 0 aromatic heterocycles. The minimum Gasteiger partial charge on any atom is -0.193 e. The first-order valence-electron chi connectivity index (χ1n) is 3.58. The molecule has 0 amide bonds. The molecule has 0 atom stereocenters. The highest BCUT2D eigenvalue weighted by atomic mass is 127. The number of rotatable bonds is 2. The topological polar surface area (TPSA) is 23.8 Å². The number of nitriles is 1. The summed E-state index contributed by atoms with van der Waals surface area (Å²) >= 11 is 2.19. The van der Waals surface area contributed by atoms with E-state index in [4.69, 9.17) is 5.26 Å². The van der Waals surface area contributed by atoms with Gasteiger partial charge in [-0.05, 0) is 11.6 Å². The van der Waals surface area contributed by atoms with Gasteiger partial charge >= 0.3 is 0 Å². The van der Waals surface area contributed by atoms with Crippen molar-refractivity contribution in [2.75, 3.05) is 4.43 Å². The summed E-state index contributed by atoms with van der Waals surface area (Å²) in [5, 5.41) is 8.66. The highest BCUT2D eigenvalue weighted by molar-refractivity contribution is 14.1. The highest BCUT2D eigenvalue weighted by Crippen LogP contribution is 2.07. The number of hydrogen-bond donors (Lipinski definition) is 0. The minimum absolute atomic E-state index is 0.767. The Morgan fingerprint density at radius 1 is 1.42 bits per heavy atom. The monoisotopic (exact) mass is 269 g/mol. The molecule has 1 nitrogen and oxygen atoms in total. The third-order valence-electron chi connectivity index (χ3n) is 1.43. The molecular formula is C10H8IN. The number of allylic oxidation sites excluding steroid dienone is 1. The van der Waals surface area contributed by atoms with Gasteiger partial charge in [0.05, 0.1) is 6.07 Å². The first kappa shape index (κ1) is 9.27. The van der Waals surface area contributed by atoms with E-state index in [2.05, 4.69) is 28.7 Å². The van der Waals surface area contributed by atoms with Crippen LogP contribution in [-0.2, 0) is 0 Å². The Hall–Kier alpha value is -0.820. The van der Waals surface area contributed by atoms with Crippen molar-refractivity contribution < 1.29 is 0 Å². The standard InChI is InChI=1S/C10H8IN/c11-7-10(8-12)6-9-4-2-1-3-5-9/h1-6H,7H2/b10-6-. The first-order chi connectivity index (χ1) is 5.86. The smallest absolute Gasteiger partial charge is 0.0955 e. The SMILES string of the molecule is N#C/C(=C\c1ccccc1)CI. The molecule has 0 unspecified atom stereocenters. The Morgan fingerprint density at radius 2 is 2.08 bits per heavy atom. The lowest BCUT2D eigenvalue weighted by Crippen LogP contribution is -1.78. The van der Waals surface area contributed by atoms with Gasteiger partial charge in [-0.1, -0.05) is 52.9 Å². The zero-order valence-corrected chi connectivity index (χ0v) is 8.65. The molecule has 1 aromatic carbocycles. The predicted octanol–water partition coefficient (Wildman–Crippen LogP) is 3.03. The second-order valence-electron chi connectivity index (χ2n) is 2.33. The molecule has 1 aromatic rings. The van der Waals surface area contributed by atoms with Crippen molar-refractivity contribution in [2.45, 2.75) is 0 Å². The molecule has 0 saturated carbocycles. The fourth-order valence-corrected chi connectivity index (χ4v) is 1.24. The third-order valence-corrected chi connectivity index (χ3v) is 2.25. The first-order valence-corrected chi connectivity index (χ1v) is 5.11. The molecule has 0 bridgehead atoms. The molecule has 0 fully saturated rings. The van der Waals surface area contributed by atoms with E-state index in [0.717, 1.165) is 15.6 Å². The molecule has 0 spiro atoms. The van der Waals surface area contributed by atoms with Gasteiger partial charge in [0.15, 0.2) is 0 Å². The molecule has 0 saturated heterocycles. The number of benzene rings is 1. The molecule has 0 heterocycles. The van der Waals surface area contributed by atoms with Gasteiger partial charge in [-0.3, -0.25) is 0 Å². The van der Waals surface area contributed by atoms with Crippen LogP contribution in [0.5, 0.6) is 0 Å². The lowest BCUT2D eigenvalue weighted by Gasteiger charge is -1.92. The largest absolute Gasteiger partial charge is 0.193 e. The van der Waals surface area contributed by atoms with E-state index in [9.17, 15) is 0 Å². The van der Waals surface area contributed by atoms with Crippen molar-refractivity contribution >= 4 is 28.7 Å². The van der Waals surface area contributed by atoms with Crippen LogP contribution in [0.15, 0.2) is 35.9 Å². The Kier molecular flexibility index (Phi) is 3.81. The summed E-state index contributed by atoms with van der Waals surface area (Å²) in [7, 11) is 0. The second kappa shape index (κ2) is 4.94. The van der Waals surface area contributed by atoms with Crippen LogP contribution in [0, 0.1) is 11.3 Å². The van der Waals surface area contributed by atoms with Crippen LogP contribution in [0.1, 0.15) is 5.56 Å². The average Bonchev–Trinajstić information content (AvgIpc) is 2.16. The van der Waals surface area contributed by atoms with Gasteiger partial charge in [0.1, 0.15) is 0 Å². The average molecular weight is 269 g/mol. The third kappa shape index (κ3) is 2.67. The molecule has 0 aliphatic carbocycles. The summed E-state index contributed by atoms with van der Waals surface area (Å²) in [4.78, 5) is 0. The van der Waals surface area contributed by atoms with Crippen LogP contribution in [0.25, 0.3) is 6.08 Å². The van der Waals surface area contributed by atoms with Crippen LogP contribution >= 0.6 is 22.6 Å². The Balaban J connectivity index is 2.88. The zero-order valence-electron chi connectivity index (χ0n) is 6.50. The fraction of sp³-hybridized carbons (Fsp3) is 0.100. The zero-order chi connectivity index (χ0) is 8.81. The molecule has 2 heteroatoms. The van der Waals surface area contributed by atoms with Crippen LogP contribution in [0.2, 0.25) is 0 Å². The number of nitrogens with zero attached hydrogens (tertiary/aromatic N) is 1. The van der Waals surface area contributed by atoms with E-state index < -0.39 is 0 Å². The van der Waals surface area contributed by atoms with Crippen LogP contribution in [-0.4, -0.2) is 4.43 Å². The summed E-state index contributed by atoms with van der Waals surface area (Å²) in [6.45, 7) is 0. The normalized spacial score (nSPS) is 10.8. The number of hydrogen-bond acceptors (Lipinski definition) is 1. The summed E-state index contributed by atoms with van der Waals surface area (Å²) in [5.41, 5.74) is 1.90. The Labute approximate surface area is 85.9 Å². The van der Waals surface area contributed by atoms with Gasteiger partial charge in [-0.15, -0.1) is 0 Å². The molecule has 0 N–H and O–H groups in total. The fourth-order valence-electron chi connectivity index (χ4n) is 0.851. The van der Waals surface area contributed by atoms with E-state index in [-0.39, 0.29) is 0 Å². The van der Waals surface area contributed by atoms with Gasteiger partial charge in [0, 0.05) is 10.0 Å². The molecule has 60 valence electrons. The van der Waals surface area contributed by atoms with Crippen LogP contribution in [0.3, 0.4) is 0 Å². The quantitative estimate of drug-likeness (QED) is 0.460. The number of alkyl halides is 1. The lowest BCUT2D eigenvalue weighted by atomic mass is 10.1. The van der Waals surface area contributed by atoms with Crippen molar-refractivity contribution in [2.24, 2.45) is 0 Å². The minimum atomic E-state index is 0.767. The van der Waals surface area contributed by atoms with Crippen molar-refractivity contribution in [3.05, 3.63) is 41.5 Å². The van der Waals surface area contributed by atoms with E-state index >= 15 is 0 Å². The summed E-state index contributed by atoms with van der Waals surface area (Å²) in [6, 6.07) is 12.0.